The molecule has 0 saturated carbocycles. The summed E-state index contributed by atoms with van der Waals surface area (Å²) in [6.45, 7) is 7.16. The van der Waals surface area contributed by atoms with Gasteiger partial charge < -0.3 is 10.1 Å². The first kappa shape index (κ1) is 16.1. The summed E-state index contributed by atoms with van der Waals surface area (Å²) < 4.78 is 5.50. The molecule has 1 rings (SSSR count). The molecule has 0 radical (unpaired) electrons. The summed E-state index contributed by atoms with van der Waals surface area (Å²) in [4.78, 5) is 12.1. The van der Waals surface area contributed by atoms with Crippen LogP contribution in [0.1, 0.15) is 32.4 Å². The number of benzene rings is 1. The maximum atomic E-state index is 12.1. The number of carbonyl (C=O) groups is 1. The molecule has 0 aromatic heterocycles. The number of hydrogen-bond acceptors (Lipinski definition) is 3. The number of thioether (sulfide) groups is 1. The zero-order valence-corrected chi connectivity index (χ0v) is 12.9. The molecule has 0 saturated heterocycles. The minimum absolute atomic E-state index is 0.0804. The van der Waals surface area contributed by atoms with Gasteiger partial charge in [-0.15, -0.1) is 0 Å². The number of amides is 1. The third-order valence-electron chi connectivity index (χ3n) is 2.51. The molecule has 0 spiro atoms. The molecule has 0 unspecified atom stereocenters. The molecule has 1 amide bonds. The highest BCUT2D eigenvalue weighted by Crippen LogP contribution is 2.22. The predicted octanol–water partition coefficient (Wildman–Crippen LogP) is 3.02. The zero-order valence-electron chi connectivity index (χ0n) is 12.1. The molecule has 0 bridgehead atoms. The molecular weight excluding hydrogens is 258 g/mol. The lowest BCUT2D eigenvalue weighted by molar-refractivity contribution is -0.131. The molecule has 3 nitrogen and oxygen atoms in total. The van der Waals surface area contributed by atoms with E-state index in [0.29, 0.717) is 6.54 Å². The highest BCUT2D eigenvalue weighted by Gasteiger charge is 2.19. The maximum absolute atomic E-state index is 12.1. The molecule has 106 valence electrons. The van der Waals surface area contributed by atoms with Crippen LogP contribution in [-0.4, -0.2) is 30.1 Å². The van der Waals surface area contributed by atoms with Gasteiger partial charge in [0, 0.05) is 24.2 Å². The lowest BCUT2D eigenvalue weighted by atomic mass is 10.1. The van der Waals surface area contributed by atoms with Crippen LogP contribution < -0.4 is 5.32 Å². The molecule has 0 aliphatic heterocycles. The number of rotatable bonds is 6. The van der Waals surface area contributed by atoms with Gasteiger partial charge in [-0.2, -0.15) is 11.8 Å². The normalized spacial score (nSPS) is 13.1. The van der Waals surface area contributed by atoms with Crippen molar-refractivity contribution in [2.24, 2.45) is 0 Å². The summed E-state index contributed by atoms with van der Waals surface area (Å²) in [5.74, 6) is 0.823. The maximum Gasteiger partial charge on any atom is 0.253 e. The standard InChI is InChI=1S/C15H23NO2S/c1-15(2,3)19-11-10-16-14(17)13(18-4)12-8-6-5-7-9-12/h5-9,13H,10-11H2,1-4H3,(H,16,17)/t13-/m0/s1. The molecule has 0 fully saturated rings. The number of hydrogen-bond donors (Lipinski definition) is 1. The van der Waals surface area contributed by atoms with Gasteiger partial charge in [0.25, 0.3) is 5.91 Å². The molecule has 1 atom stereocenters. The van der Waals surface area contributed by atoms with E-state index in [0.717, 1.165) is 11.3 Å². The van der Waals surface area contributed by atoms with Crippen molar-refractivity contribution < 1.29 is 9.53 Å². The smallest absolute Gasteiger partial charge is 0.253 e. The van der Waals surface area contributed by atoms with Crippen LogP contribution in [0.4, 0.5) is 0 Å². The molecule has 1 aromatic carbocycles. The summed E-state index contributed by atoms with van der Waals surface area (Å²) in [6.07, 6.45) is -0.527. The van der Waals surface area contributed by atoms with Crippen molar-refractivity contribution in [3.05, 3.63) is 35.9 Å². The van der Waals surface area contributed by atoms with E-state index in [1.807, 2.05) is 42.1 Å². The summed E-state index contributed by atoms with van der Waals surface area (Å²) in [5, 5.41) is 2.92. The van der Waals surface area contributed by atoms with E-state index in [1.54, 1.807) is 7.11 Å². The second-order valence-electron chi connectivity index (χ2n) is 5.28. The Morgan fingerprint density at radius 2 is 1.95 bits per heavy atom. The minimum Gasteiger partial charge on any atom is -0.367 e. The topological polar surface area (TPSA) is 38.3 Å². The Labute approximate surface area is 120 Å². The Morgan fingerprint density at radius 3 is 2.47 bits per heavy atom. The van der Waals surface area contributed by atoms with Gasteiger partial charge in [0.2, 0.25) is 0 Å². The van der Waals surface area contributed by atoms with Crippen LogP contribution >= 0.6 is 11.8 Å². The van der Waals surface area contributed by atoms with Crippen LogP contribution in [0.2, 0.25) is 0 Å². The van der Waals surface area contributed by atoms with Crippen molar-refractivity contribution in [1.29, 1.82) is 0 Å². The quantitative estimate of drug-likeness (QED) is 0.815. The fraction of sp³-hybridized carbons (Fsp3) is 0.533. The van der Waals surface area contributed by atoms with Gasteiger partial charge in [0.1, 0.15) is 0 Å². The summed E-state index contributed by atoms with van der Waals surface area (Å²) >= 11 is 1.84. The third kappa shape index (κ3) is 6.12. The van der Waals surface area contributed by atoms with Gasteiger partial charge in [0.15, 0.2) is 6.10 Å². The monoisotopic (exact) mass is 281 g/mol. The SMILES string of the molecule is CO[C@H](C(=O)NCCSC(C)(C)C)c1ccccc1. The van der Waals surface area contributed by atoms with Crippen LogP contribution in [0.5, 0.6) is 0 Å². The Hall–Kier alpha value is -1.00. The lowest BCUT2D eigenvalue weighted by Gasteiger charge is -2.19. The van der Waals surface area contributed by atoms with Crippen LogP contribution in [0.15, 0.2) is 30.3 Å². The molecule has 0 heterocycles. The van der Waals surface area contributed by atoms with E-state index in [1.165, 1.54) is 0 Å². The van der Waals surface area contributed by atoms with Crippen molar-refractivity contribution >= 4 is 17.7 Å². The Morgan fingerprint density at radius 1 is 1.32 bits per heavy atom. The number of ether oxygens (including phenoxy) is 1. The van der Waals surface area contributed by atoms with Crippen molar-refractivity contribution in [1.82, 2.24) is 5.32 Å². The van der Waals surface area contributed by atoms with Crippen LogP contribution in [0.25, 0.3) is 0 Å². The largest absolute Gasteiger partial charge is 0.367 e. The van der Waals surface area contributed by atoms with E-state index in [-0.39, 0.29) is 10.7 Å². The second kappa shape index (κ2) is 7.56. The summed E-state index contributed by atoms with van der Waals surface area (Å²) in [7, 11) is 1.56. The summed E-state index contributed by atoms with van der Waals surface area (Å²) in [6, 6.07) is 9.54. The van der Waals surface area contributed by atoms with Crippen molar-refractivity contribution in [2.45, 2.75) is 31.6 Å². The Kier molecular flexibility index (Phi) is 6.38. The van der Waals surface area contributed by atoms with E-state index in [9.17, 15) is 4.79 Å². The molecule has 1 N–H and O–H groups in total. The lowest BCUT2D eigenvalue weighted by Crippen LogP contribution is -2.32. The van der Waals surface area contributed by atoms with E-state index in [4.69, 9.17) is 4.74 Å². The van der Waals surface area contributed by atoms with Gasteiger partial charge in [0.05, 0.1) is 0 Å². The molecular formula is C15H23NO2S. The summed E-state index contributed by atoms with van der Waals surface area (Å²) in [5.41, 5.74) is 0.881. The van der Waals surface area contributed by atoms with Gasteiger partial charge in [-0.25, -0.2) is 0 Å². The first-order valence-corrected chi connectivity index (χ1v) is 7.42. The molecule has 0 aliphatic rings. The zero-order chi connectivity index (χ0) is 14.3. The Balaban J connectivity index is 2.43. The van der Waals surface area contributed by atoms with E-state index < -0.39 is 6.10 Å². The number of carbonyl (C=O) groups excluding carboxylic acids is 1. The van der Waals surface area contributed by atoms with Gasteiger partial charge in [-0.3, -0.25) is 4.79 Å². The fourth-order valence-corrected chi connectivity index (χ4v) is 2.46. The first-order valence-electron chi connectivity index (χ1n) is 6.43. The van der Waals surface area contributed by atoms with Crippen molar-refractivity contribution in [3.63, 3.8) is 0 Å². The van der Waals surface area contributed by atoms with Crippen molar-refractivity contribution in [2.75, 3.05) is 19.4 Å². The first-order chi connectivity index (χ1) is 8.94. The van der Waals surface area contributed by atoms with Gasteiger partial charge in [-0.05, 0) is 5.56 Å². The second-order valence-corrected chi connectivity index (χ2v) is 7.20. The van der Waals surface area contributed by atoms with Crippen LogP contribution in [0.3, 0.4) is 0 Å². The van der Waals surface area contributed by atoms with Gasteiger partial charge in [-0.1, -0.05) is 51.1 Å². The fourth-order valence-electron chi connectivity index (χ4n) is 1.65. The molecule has 0 aliphatic carbocycles. The molecule has 19 heavy (non-hydrogen) atoms. The predicted molar refractivity (Wildman–Crippen MR) is 81.4 cm³/mol. The Bertz CT molecular complexity index is 387. The van der Waals surface area contributed by atoms with E-state index in [2.05, 4.69) is 26.1 Å². The average Bonchev–Trinajstić information content (AvgIpc) is 2.36. The average molecular weight is 281 g/mol. The highest BCUT2D eigenvalue weighted by molar-refractivity contribution is 8.00. The minimum atomic E-state index is -0.527. The van der Waals surface area contributed by atoms with E-state index >= 15 is 0 Å². The van der Waals surface area contributed by atoms with Gasteiger partial charge >= 0.3 is 0 Å². The molecule has 1 aromatic rings. The third-order valence-corrected chi connectivity index (χ3v) is 3.79. The van der Waals surface area contributed by atoms with Crippen molar-refractivity contribution in [3.8, 4) is 0 Å². The van der Waals surface area contributed by atoms with Crippen LogP contribution in [-0.2, 0) is 9.53 Å². The molecule has 4 heteroatoms. The number of methoxy groups -OCH3 is 1. The van der Waals surface area contributed by atoms with Crippen LogP contribution in [0, 0.1) is 0 Å². The highest BCUT2D eigenvalue weighted by atomic mass is 32.2. The number of nitrogens with one attached hydrogen (secondary N) is 1.